The van der Waals surface area contributed by atoms with Crippen LogP contribution in [-0.4, -0.2) is 0 Å². The lowest BCUT2D eigenvalue weighted by Crippen LogP contribution is -2.13. The van der Waals surface area contributed by atoms with Crippen molar-refractivity contribution in [2.24, 2.45) is 11.8 Å². The first-order valence-corrected chi connectivity index (χ1v) is 8.80. The largest absolute Gasteiger partial charge is 0.416 e. The van der Waals surface area contributed by atoms with Crippen LogP contribution in [0.5, 0.6) is 0 Å². The summed E-state index contributed by atoms with van der Waals surface area (Å²) in [7, 11) is 0. The summed E-state index contributed by atoms with van der Waals surface area (Å²) in [4.78, 5) is 0. The summed E-state index contributed by atoms with van der Waals surface area (Å²) >= 11 is 0. The number of hydrogen-bond acceptors (Lipinski definition) is 0. The van der Waals surface area contributed by atoms with Gasteiger partial charge in [0.25, 0.3) is 0 Å². The van der Waals surface area contributed by atoms with Gasteiger partial charge in [0.2, 0.25) is 0 Å². The molecular formula is C20H27F3. The molecule has 1 aromatic rings. The van der Waals surface area contributed by atoms with Crippen molar-refractivity contribution in [1.82, 2.24) is 0 Å². The van der Waals surface area contributed by atoms with E-state index in [-0.39, 0.29) is 0 Å². The Morgan fingerprint density at radius 3 is 2.13 bits per heavy atom. The van der Waals surface area contributed by atoms with E-state index in [0.29, 0.717) is 6.42 Å². The summed E-state index contributed by atoms with van der Waals surface area (Å²) in [5.74, 6) is 1.74. The van der Waals surface area contributed by atoms with Crippen LogP contribution >= 0.6 is 0 Å². The van der Waals surface area contributed by atoms with Crippen LogP contribution in [-0.2, 0) is 12.6 Å². The molecule has 0 aliphatic heterocycles. The minimum absolute atomic E-state index is 0.575. The van der Waals surface area contributed by atoms with Gasteiger partial charge in [-0.2, -0.15) is 13.2 Å². The molecule has 1 aliphatic carbocycles. The number of benzene rings is 1. The molecule has 3 heteroatoms. The molecule has 0 unspecified atom stereocenters. The van der Waals surface area contributed by atoms with Gasteiger partial charge in [-0.1, -0.05) is 56.9 Å². The van der Waals surface area contributed by atoms with Crippen molar-refractivity contribution in [3.8, 4) is 0 Å². The van der Waals surface area contributed by atoms with Gasteiger partial charge in [0.1, 0.15) is 0 Å². The van der Waals surface area contributed by atoms with E-state index in [0.717, 1.165) is 36.0 Å². The molecule has 0 aromatic heterocycles. The molecule has 0 N–H and O–H groups in total. The van der Waals surface area contributed by atoms with Gasteiger partial charge in [0, 0.05) is 0 Å². The topological polar surface area (TPSA) is 0 Å². The maximum absolute atomic E-state index is 12.5. The Morgan fingerprint density at radius 1 is 0.957 bits per heavy atom. The van der Waals surface area contributed by atoms with E-state index in [1.807, 2.05) is 0 Å². The molecule has 0 radical (unpaired) electrons. The lowest BCUT2D eigenvalue weighted by atomic mass is 9.79. The summed E-state index contributed by atoms with van der Waals surface area (Å²) in [5, 5.41) is 0. The van der Waals surface area contributed by atoms with E-state index >= 15 is 0 Å². The van der Waals surface area contributed by atoms with Crippen LogP contribution in [0.3, 0.4) is 0 Å². The average molecular weight is 324 g/mol. The van der Waals surface area contributed by atoms with Crippen molar-refractivity contribution in [2.75, 3.05) is 0 Å². The zero-order chi connectivity index (χ0) is 16.7. The molecule has 0 heterocycles. The highest BCUT2D eigenvalue weighted by atomic mass is 19.4. The van der Waals surface area contributed by atoms with Crippen LogP contribution < -0.4 is 0 Å². The van der Waals surface area contributed by atoms with E-state index in [4.69, 9.17) is 0 Å². The molecule has 2 rings (SSSR count). The van der Waals surface area contributed by atoms with Crippen LogP contribution in [0.1, 0.15) is 63.0 Å². The second-order valence-electron chi connectivity index (χ2n) is 6.78. The summed E-state index contributed by atoms with van der Waals surface area (Å²) in [6.07, 6.45) is 9.94. The molecule has 23 heavy (non-hydrogen) atoms. The van der Waals surface area contributed by atoms with Gasteiger partial charge in [0.05, 0.1) is 5.56 Å². The van der Waals surface area contributed by atoms with Gasteiger partial charge in [-0.05, 0) is 55.2 Å². The molecule has 0 nitrogen and oxygen atoms in total. The normalized spacial score (nSPS) is 22.6. The van der Waals surface area contributed by atoms with Crippen molar-refractivity contribution >= 4 is 0 Å². The number of rotatable bonds is 6. The van der Waals surface area contributed by atoms with Gasteiger partial charge in [-0.15, -0.1) is 0 Å². The van der Waals surface area contributed by atoms with E-state index in [2.05, 4.69) is 19.1 Å². The van der Waals surface area contributed by atoms with Gasteiger partial charge in [-0.3, -0.25) is 0 Å². The van der Waals surface area contributed by atoms with E-state index in [1.54, 1.807) is 12.1 Å². The smallest absolute Gasteiger partial charge is 0.166 e. The summed E-state index contributed by atoms with van der Waals surface area (Å²) < 4.78 is 37.5. The lowest BCUT2D eigenvalue weighted by Gasteiger charge is -2.27. The first-order valence-electron chi connectivity index (χ1n) is 8.80. The fourth-order valence-corrected chi connectivity index (χ4v) is 3.50. The minimum Gasteiger partial charge on any atom is -0.166 e. The zero-order valence-electron chi connectivity index (χ0n) is 13.9. The maximum Gasteiger partial charge on any atom is 0.416 e. The third-order valence-corrected chi connectivity index (χ3v) is 4.93. The predicted octanol–water partition coefficient (Wildman–Crippen LogP) is 6.80. The van der Waals surface area contributed by atoms with Crippen molar-refractivity contribution in [2.45, 2.75) is 64.5 Å². The molecule has 0 atom stereocenters. The highest BCUT2D eigenvalue weighted by Crippen LogP contribution is 2.33. The standard InChI is InChI=1S/C20H27F3/c1-2-5-16-8-10-17(11-9-16)6-3-4-7-18-12-14-19(15-13-18)20(21,22)23/h3-4,12-17H,2,5-11H2,1H3/b4-3-. The second-order valence-corrected chi connectivity index (χ2v) is 6.78. The Hall–Kier alpha value is -1.25. The molecular weight excluding hydrogens is 297 g/mol. The molecule has 0 spiro atoms. The summed E-state index contributed by atoms with van der Waals surface area (Å²) in [6.45, 7) is 2.26. The van der Waals surface area contributed by atoms with Crippen molar-refractivity contribution < 1.29 is 13.2 Å². The third-order valence-electron chi connectivity index (χ3n) is 4.93. The predicted molar refractivity (Wildman–Crippen MR) is 89.3 cm³/mol. The van der Waals surface area contributed by atoms with Gasteiger partial charge in [-0.25, -0.2) is 0 Å². The number of hydrogen-bond donors (Lipinski definition) is 0. The molecule has 0 saturated heterocycles. The van der Waals surface area contributed by atoms with Crippen molar-refractivity contribution in [3.05, 3.63) is 47.5 Å². The summed E-state index contributed by atoms with van der Waals surface area (Å²) in [6, 6.07) is 5.47. The molecule has 1 aromatic carbocycles. The first-order chi connectivity index (χ1) is 11.0. The fourth-order valence-electron chi connectivity index (χ4n) is 3.50. The molecule has 1 aliphatic rings. The second kappa shape index (κ2) is 8.56. The molecule has 1 fully saturated rings. The summed E-state index contributed by atoms with van der Waals surface area (Å²) in [5.41, 5.74) is 0.356. The number of alkyl halides is 3. The monoisotopic (exact) mass is 324 g/mol. The van der Waals surface area contributed by atoms with Crippen LogP contribution in [0.4, 0.5) is 13.2 Å². The van der Waals surface area contributed by atoms with Crippen LogP contribution in [0.25, 0.3) is 0 Å². The zero-order valence-corrected chi connectivity index (χ0v) is 13.9. The van der Waals surface area contributed by atoms with Crippen LogP contribution in [0.2, 0.25) is 0 Å². The van der Waals surface area contributed by atoms with Crippen molar-refractivity contribution in [3.63, 3.8) is 0 Å². The van der Waals surface area contributed by atoms with Crippen molar-refractivity contribution in [1.29, 1.82) is 0 Å². The van der Waals surface area contributed by atoms with E-state index in [9.17, 15) is 13.2 Å². The highest BCUT2D eigenvalue weighted by molar-refractivity contribution is 5.25. The third kappa shape index (κ3) is 6.04. The van der Waals surface area contributed by atoms with Gasteiger partial charge >= 0.3 is 6.18 Å². The van der Waals surface area contributed by atoms with E-state index in [1.165, 1.54) is 38.5 Å². The SMILES string of the molecule is CCCC1CCC(C/C=C\Cc2ccc(C(F)(F)F)cc2)CC1. The highest BCUT2D eigenvalue weighted by Gasteiger charge is 2.29. The van der Waals surface area contributed by atoms with Gasteiger partial charge < -0.3 is 0 Å². The van der Waals surface area contributed by atoms with E-state index < -0.39 is 11.7 Å². The Morgan fingerprint density at radius 2 is 1.57 bits per heavy atom. The first kappa shape index (κ1) is 18.1. The fraction of sp³-hybridized carbons (Fsp3) is 0.600. The average Bonchev–Trinajstić information content (AvgIpc) is 2.53. The minimum atomic E-state index is -4.25. The van der Waals surface area contributed by atoms with Gasteiger partial charge in [0.15, 0.2) is 0 Å². The molecule has 0 amide bonds. The van der Waals surface area contributed by atoms with Crippen LogP contribution in [0, 0.1) is 11.8 Å². The Balaban J connectivity index is 1.71. The Kier molecular flexibility index (Phi) is 6.73. The lowest BCUT2D eigenvalue weighted by molar-refractivity contribution is -0.137. The molecule has 128 valence electrons. The quantitative estimate of drug-likeness (QED) is 0.505. The number of halogens is 3. The Bertz CT molecular complexity index is 477. The molecule has 1 saturated carbocycles. The Labute approximate surface area is 137 Å². The number of allylic oxidation sites excluding steroid dienone is 2. The van der Waals surface area contributed by atoms with Crippen LogP contribution in [0.15, 0.2) is 36.4 Å². The maximum atomic E-state index is 12.5. The molecule has 0 bridgehead atoms.